The van der Waals surface area contributed by atoms with Crippen LogP contribution in [0.25, 0.3) is 0 Å². The zero-order valence-electron chi connectivity index (χ0n) is 8.12. The number of rotatable bonds is 1. The number of H-pyrrole nitrogens is 1. The number of nitrogens with zero attached hydrogens (tertiary/aromatic N) is 2. The maximum absolute atomic E-state index is 11.9. The van der Waals surface area contributed by atoms with Crippen molar-refractivity contribution in [3.05, 3.63) is 17.5 Å². The Bertz CT molecular complexity index is 329. The molecule has 1 aromatic heterocycles. The van der Waals surface area contributed by atoms with Gasteiger partial charge in [0.05, 0.1) is 19.4 Å². The Labute approximate surface area is 82.0 Å². The average molecular weight is 195 g/mol. The molecule has 0 bridgehead atoms. The topological polar surface area (TPSA) is 58.2 Å². The van der Waals surface area contributed by atoms with E-state index in [4.69, 9.17) is 4.74 Å². The fraction of sp³-hybridized carbons (Fsp3) is 0.556. The second-order valence-electron chi connectivity index (χ2n) is 3.33. The van der Waals surface area contributed by atoms with E-state index in [2.05, 4.69) is 10.2 Å². The van der Waals surface area contributed by atoms with Crippen LogP contribution in [0.1, 0.15) is 16.1 Å². The third kappa shape index (κ3) is 1.63. The fourth-order valence-electron chi connectivity index (χ4n) is 1.49. The van der Waals surface area contributed by atoms with E-state index in [1.165, 1.54) is 0 Å². The van der Waals surface area contributed by atoms with Gasteiger partial charge in [-0.15, -0.1) is 0 Å². The normalized spacial score (nSPS) is 17.1. The minimum Gasteiger partial charge on any atom is -0.378 e. The maximum Gasteiger partial charge on any atom is 0.272 e. The number of aromatic amines is 1. The van der Waals surface area contributed by atoms with Crippen molar-refractivity contribution in [1.29, 1.82) is 0 Å². The molecule has 2 rings (SSSR count). The standard InChI is InChI=1S/C9H13N3O2/c1-7-6-10-11-8(7)9(13)12-2-4-14-5-3-12/h6H,2-5H2,1H3,(H,10,11). The van der Waals surface area contributed by atoms with Gasteiger partial charge in [-0.2, -0.15) is 5.10 Å². The first-order valence-electron chi connectivity index (χ1n) is 4.66. The van der Waals surface area contributed by atoms with Crippen LogP contribution in [-0.2, 0) is 4.74 Å². The smallest absolute Gasteiger partial charge is 0.272 e. The number of carbonyl (C=O) groups excluding carboxylic acids is 1. The van der Waals surface area contributed by atoms with Crippen molar-refractivity contribution in [1.82, 2.24) is 15.1 Å². The summed E-state index contributed by atoms with van der Waals surface area (Å²) in [5.74, 6) is 0.0169. The van der Waals surface area contributed by atoms with Crippen molar-refractivity contribution in [3.63, 3.8) is 0 Å². The highest BCUT2D eigenvalue weighted by atomic mass is 16.5. The highest BCUT2D eigenvalue weighted by molar-refractivity contribution is 5.93. The van der Waals surface area contributed by atoms with E-state index in [1.807, 2.05) is 6.92 Å². The van der Waals surface area contributed by atoms with Crippen molar-refractivity contribution in [2.45, 2.75) is 6.92 Å². The molecule has 1 aliphatic heterocycles. The molecule has 76 valence electrons. The van der Waals surface area contributed by atoms with Gasteiger partial charge in [0.25, 0.3) is 5.91 Å². The molecule has 0 aromatic carbocycles. The molecule has 1 aromatic rings. The van der Waals surface area contributed by atoms with Crippen molar-refractivity contribution >= 4 is 5.91 Å². The van der Waals surface area contributed by atoms with E-state index in [-0.39, 0.29) is 5.91 Å². The number of hydrogen-bond acceptors (Lipinski definition) is 3. The molecular formula is C9H13N3O2. The molecule has 14 heavy (non-hydrogen) atoms. The number of amides is 1. The van der Waals surface area contributed by atoms with Gasteiger partial charge in [-0.25, -0.2) is 0 Å². The number of aromatic nitrogens is 2. The minimum absolute atomic E-state index is 0.0169. The van der Waals surface area contributed by atoms with Crippen LogP contribution in [0.2, 0.25) is 0 Å². The van der Waals surface area contributed by atoms with Crippen LogP contribution in [0, 0.1) is 6.92 Å². The number of nitrogens with one attached hydrogen (secondary N) is 1. The molecule has 1 saturated heterocycles. The second kappa shape index (κ2) is 3.79. The molecular weight excluding hydrogens is 182 g/mol. The lowest BCUT2D eigenvalue weighted by Gasteiger charge is -2.26. The lowest BCUT2D eigenvalue weighted by atomic mass is 10.2. The number of ether oxygens (including phenoxy) is 1. The molecule has 0 unspecified atom stereocenters. The average Bonchev–Trinajstić information content (AvgIpc) is 2.65. The highest BCUT2D eigenvalue weighted by Gasteiger charge is 2.20. The van der Waals surface area contributed by atoms with Gasteiger partial charge in [0.1, 0.15) is 5.69 Å². The molecule has 0 atom stereocenters. The molecule has 1 N–H and O–H groups in total. The molecule has 0 saturated carbocycles. The Morgan fingerprint density at radius 3 is 2.86 bits per heavy atom. The first kappa shape index (κ1) is 9.21. The predicted molar refractivity (Wildman–Crippen MR) is 50.0 cm³/mol. The van der Waals surface area contributed by atoms with Gasteiger partial charge in [-0.05, 0) is 12.5 Å². The van der Waals surface area contributed by atoms with Gasteiger partial charge in [-0.3, -0.25) is 9.89 Å². The largest absolute Gasteiger partial charge is 0.378 e. The molecule has 5 nitrogen and oxygen atoms in total. The minimum atomic E-state index is 0.0169. The summed E-state index contributed by atoms with van der Waals surface area (Å²) in [7, 11) is 0. The van der Waals surface area contributed by atoms with Crippen LogP contribution in [0.4, 0.5) is 0 Å². The summed E-state index contributed by atoms with van der Waals surface area (Å²) in [5, 5.41) is 6.55. The number of morpholine rings is 1. The Kier molecular flexibility index (Phi) is 2.49. The first-order valence-corrected chi connectivity index (χ1v) is 4.66. The molecule has 0 radical (unpaired) electrons. The summed E-state index contributed by atoms with van der Waals surface area (Å²) in [6.07, 6.45) is 1.66. The molecule has 1 amide bonds. The van der Waals surface area contributed by atoms with Crippen LogP contribution in [0.5, 0.6) is 0 Å². The summed E-state index contributed by atoms with van der Waals surface area (Å²) < 4.78 is 5.18. The van der Waals surface area contributed by atoms with Crippen LogP contribution in [0.3, 0.4) is 0 Å². The van der Waals surface area contributed by atoms with Crippen LogP contribution in [-0.4, -0.2) is 47.3 Å². The van der Waals surface area contributed by atoms with E-state index in [1.54, 1.807) is 11.1 Å². The highest BCUT2D eigenvalue weighted by Crippen LogP contribution is 2.08. The molecule has 2 heterocycles. The lowest BCUT2D eigenvalue weighted by Crippen LogP contribution is -2.41. The van der Waals surface area contributed by atoms with Gasteiger partial charge in [0, 0.05) is 13.1 Å². The third-order valence-electron chi connectivity index (χ3n) is 2.34. The van der Waals surface area contributed by atoms with Crippen molar-refractivity contribution < 1.29 is 9.53 Å². The van der Waals surface area contributed by atoms with Gasteiger partial charge < -0.3 is 9.64 Å². The molecule has 1 fully saturated rings. The summed E-state index contributed by atoms with van der Waals surface area (Å²) >= 11 is 0. The van der Waals surface area contributed by atoms with Crippen molar-refractivity contribution in [2.75, 3.05) is 26.3 Å². The van der Waals surface area contributed by atoms with E-state index >= 15 is 0 Å². The van der Waals surface area contributed by atoms with Crippen LogP contribution >= 0.6 is 0 Å². The van der Waals surface area contributed by atoms with Crippen LogP contribution in [0.15, 0.2) is 6.20 Å². The van der Waals surface area contributed by atoms with Gasteiger partial charge in [-0.1, -0.05) is 0 Å². The Balaban J connectivity index is 2.11. The molecule has 1 aliphatic rings. The zero-order chi connectivity index (χ0) is 9.97. The van der Waals surface area contributed by atoms with Crippen molar-refractivity contribution in [3.8, 4) is 0 Å². The molecule has 0 aliphatic carbocycles. The summed E-state index contributed by atoms with van der Waals surface area (Å²) in [6.45, 7) is 4.45. The van der Waals surface area contributed by atoms with Gasteiger partial charge in [0.15, 0.2) is 0 Å². The van der Waals surface area contributed by atoms with Gasteiger partial charge >= 0.3 is 0 Å². The lowest BCUT2D eigenvalue weighted by molar-refractivity contribution is 0.0298. The van der Waals surface area contributed by atoms with E-state index in [0.29, 0.717) is 32.0 Å². The zero-order valence-corrected chi connectivity index (χ0v) is 8.12. The Hall–Kier alpha value is -1.36. The fourth-order valence-corrected chi connectivity index (χ4v) is 1.49. The van der Waals surface area contributed by atoms with E-state index in [0.717, 1.165) is 5.56 Å². The van der Waals surface area contributed by atoms with E-state index < -0.39 is 0 Å². The second-order valence-corrected chi connectivity index (χ2v) is 3.33. The monoisotopic (exact) mass is 195 g/mol. The Morgan fingerprint density at radius 2 is 2.29 bits per heavy atom. The summed E-state index contributed by atoms with van der Waals surface area (Å²) in [5.41, 5.74) is 1.48. The van der Waals surface area contributed by atoms with Crippen molar-refractivity contribution in [2.24, 2.45) is 0 Å². The van der Waals surface area contributed by atoms with E-state index in [9.17, 15) is 4.79 Å². The van der Waals surface area contributed by atoms with Gasteiger partial charge in [0.2, 0.25) is 0 Å². The Morgan fingerprint density at radius 1 is 1.57 bits per heavy atom. The third-order valence-corrected chi connectivity index (χ3v) is 2.34. The summed E-state index contributed by atoms with van der Waals surface area (Å²) in [4.78, 5) is 13.7. The predicted octanol–water partition coefficient (Wildman–Crippen LogP) is 0.191. The number of hydrogen-bond donors (Lipinski definition) is 1. The molecule has 0 spiro atoms. The number of carbonyl (C=O) groups is 1. The van der Waals surface area contributed by atoms with Crippen LogP contribution < -0.4 is 0 Å². The number of aryl methyl sites for hydroxylation is 1. The molecule has 5 heteroatoms. The SMILES string of the molecule is Cc1cn[nH]c1C(=O)N1CCOCC1. The summed E-state index contributed by atoms with van der Waals surface area (Å²) in [6, 6.07) is 0. The quantitative estimate of drug-likeness (QED) is 0.696. The maximum atomic E-state index is 11.9. The first-order chi connectivity index (χ1) is 6.79.